The van der Waals surface area contributed by atoms with Gasteiger partial charge in [0.2, 0.25) is 11.9 Å². The molecule has 2 aromatic carbocycles. The van der Waals surface area contributed by atoms with Crippen LogP contribution in [-0.2, 0) is 17.8 Å². The van der Waals surface area contributed by atoms with Gasteiger partial charge in [-0.15, -0.1) is 0 Å². The number of carbonyl (C=O) groups excluding carboxylic acids is 1. The summed E-state index contributed by atoms with van der Waals surface area (Å²) in [6, 6.07) is 14.9. The van der Waals surface area contributed by atoms with Crippen molar-refractivity contribution >= 4 is 29.1 Å². The second kappa shape index (κ2) is 9.59. The van der Waals surface area contributed by atoms with E-state index in [-0.39, 0.29) is 18.0 Å². The zero-order valence-electron chi connectivity index (χ0n) is 17.3. The lowest BCUT2D eigenvalue weighted by atomic mass is 10.1. The molecule has 3 aromatic rings. The van der Waals surface area contributed by atoms with Crippen molar-refractivity contribution in [3.63, 3.8) is 0 Å². The lowest BCUT2D eigenvalue weighted by molar-refractivity contribution is -0.121. The van der Waals surface area contributed by atoms with E-state index in [0.29, 0.717) is 29.6 Å². The molecule has 30 heavy (non-hydrogen) atoms. The van der Waals surface area contributed by atoms with Gasteiger partial charge in [0.25, 0.3) is 5.56 Å². The molecule has 3 rings (SSSR count). The third-order valence-electron chi connectivity index (χ3n) is 4.56. The van der Waals surface area contributed by atoms with Crippen LogP contribution in [0, 0.1) is 20.8 Å². The molecule has 0 unspecified atom stereocenters. The topological polar surface area (TPSA) is 76.0 Å². The van der Waals surface area contributed by atoms with Crippen LogP contribution in [0.3, 0.4) is 0 Å². The normalized spacial score (nSPS) is 10.7. The number of carbonyl (C=O) groups is 1. The standard InChI is InChI=1S/C23H25ClN4O2/c1-15-10-16(2)12-20(11-15)27-23-26-17(3)13-22(30)28(23)14-21(29)25-9-8-18-4-6-19(24)7-5-18/h4-7,10-13H,8-9,14H2,1-3H3,(H,25,29)(H,26,27). The maximum atomic E-state index is 12.5. The van der Waals surface area contributed by atoms with E-state index in [1.54, 1.807) is 6.92 Å². The average molecular weight is 425 g/mol. The number of aryl methyl sites for hydroxylation is 3. The van der Waals surface area contributed by atoms with Gasteiger partial charge in [-0.25, -0.2) is 4.98 Å². The van der Waals surface area contributed by atoms with Crippen molar-refractivity contribution in [2.75, 3.05) is 11.9 Å². The Bertz CT molecular complexity index is 1090. The lowest BCUT2D eigenvalue weighted by Crippen LogP contribution is -2.34. The molecule has 0 bridgehead atoms. The summed E-state index contributed by atoms with van der Waals surface area (Å²) in [5, 5.41) is 6.72. The second-order valence-electron chi connectivity index (χ2n) is 7.37. The predicted molar refractivity (Wildman–Crippen MR) is 121 cm³/mol. The zero-order chi connectivity index (χ0) is 21.7. The van der Waals surface area contributed by atoms with Crippen LogP contribution in [0.25, 0.3) is 0 Å². The maximum absolute atomic E-state index is 12.5. The fraction of sp³-hybridized carbons (Fsp3) is 0.261. The summed E-state index contributed by atoms with van der Waals surface area (Å²) in [5.41, 5.74) is 4.40. The van der Waals surface area contributed by atoms with E-state index < -0.39 is 0 Å². The molecule has 7 heteroatoms. The van der Waals surface area contributed by atoms with Crippen LogP contribution in [0.2, 0.25) is 5.02 Å². The van der Waals surface area contributed by atoms with Crippen LogP contribution >= 0.6 is 11.6 Å². The highest BCUT2D eigenvalue weighted by Gasteiger charge is 2.12. The molecular formula is C23H25ClN4O2. The summed E-state index contributed by atoms with van der Waals surface area (Å²) in [6.45, 7) is 6.12. The number of nitrogens with zero attached hydrogens (tertiary/aromatic N) is 2. The Balaban J connectivity index is 1.70. The van der Waals surface area contributed by atoms with E-state index >= 15 is 0 Å². The number of halogens is 1. The van der Waals surface area contributed by atoms with Gasteiger partial charge in [-0.2, -0.15) is 0 Å². The van der Waals surface area contributed by atoms with Gasteiger partial charge in [0.15, 0.2) is 0 Å². The number of hydrogen-bond donors (Lipinski definition) is 2. The van der Waals surface area contributed by atoms with Gasteiger partial charge in [-0.3, -0.25) is 14.2 Å². The van der Waals surface area contributed by atoms with E-state index in [4.69, 9.17) is 11.6 Å². The molecule has 0 spiro atoms. The highest BCUT2D eigenvalue weighted by Crippen LogP contribution is 2.18. The first-order valence-electron chi connectivity index (χ1n) is 9.75. The molecule has 0 aliphatic heterocycles. The molecule has 0 fully saturated rings. The SMILES string of the molecule is Cc1cc(C)cc(Nc2nc(C)cc(=O)n2CC(=O)NCCc2ccc(Cl)cc2)c1. The third-order valence-corrected chi connectivity index (χ3v) is 4.82. The van der Waals surface area contributed by atoms with Crippen LogP contribution in [0.1, 0.15) is 22.4 Å². The summed E-state index contributed by atoms with van der Waals surface area (Å²) in [4.78, 5) is 29.4. The molecular weight excluding hydrogens is 400 g/mol. The number of hydrogen-bond acceptors (Lipinski definition) is 4. The van der Waals surface area contributed by atoms with Crippen molar-refractivity contribution in [2.45, 2.75) is 33.7 Å². The number of nitrogens with one attached hydrogen (secondary N) is 2. The molecule has 0 atom stereocenters. The van der Waals surface area contributed by atoms with Crippen LogP contribution in [-0.4, -0.2) is 22.0 Å². The molecule has 1 amide bonds. The molecule has 156 valence electrons. The van der Waals surface area contributed by atoms with Crippen molar-refractivity contribution < 1.29 is 4.79 Å². The van der Waals surface area contributed by atoms with E-state index in [9.17, 15) is 9.59 Å². The average Bonchev–Trinajstić information content (AvgIpc) is 2.65. The predicted octanol–water partition coefficient (Wildman–Crippen LogP) is 3.92. The van der Waals surface area contributed by atoms with E-state index in [2.05, 4.69) is 21.7 Å². The quantitative estimate of drug-likeness (QED) is 0.602. The Morgan fingerprint density at radius 3 is 2.37 bits per heavy atom. The minimum atomic E-state index is -0.276. The van der Waals surface area contributed by atoms with Crippen LogP contribution in [0.15, 0.2) is 53.3 Å². The van der Waals surface area contributed by atoms with E-state index in [1.807, 2.05) is 50.2 Å². The fourth-order valence-electron chi connectivity index (χ4n) is 3.24. The Hall–Kier alpha value is -3.12. The minimum Gasteiger partial charge on any atom is -0.354 e. The fourth-order valence-corrected chi connectivity index (χ4v) is 3.37. The Morgan fingerprint density at radius 1 is 1.03 bits per heavy atom. The molecule has 2 N–H and O–H groups in total. The van der Waals surface area contributed by atoms with E-state index in [0.717, 1.165) is 22.4 Å². The van der Waals surface area contributed by atoms with Gasteiger partial charge in [-0.1, -0.05) is 29.8 Å². The molecule has 0 saturated carbocycles. The Morgan fingerprint density at radius 2 is 1.70 bits per heavy atom. The molecule has 1 heterocycles. The first kappa shape index (κ1) is 21.6. The monoisotopic (exact) mass is 424 g/mol. The number of anilines is 2. The van der Waals surface area contributed by atoms with Gasteiger partial charge in [0, 0.05) is 29.0 Å². The molecule has 0 saturated heterocycles. The summed E-state index contributed by atoms with van der Waals surface area (Å²) in [7, 11) is 0. The molecule has 0 aliphatic rings. The third kappa shape index (κ3) is 5.94. The summed E-state index contributed by atoms with van der Waals surface area (Å²) < 4.78 is 1.35. The van der Waals surface area contributed by atoms with Crippen molar-refractivity contribution in [1.82, 2.24) is 14.9 Å². The highest BCUT2D eigenvalue weighted by atomic mass is 35.5. The van der Waals surface area contributed by atoms with Gasteiger partial charge in [-0.05, 0) is 68.1 Å². The molecule has 1 aromatic heterocycles. The van der Waals surface area contributed by atoms with Gasteiger partial charge >= 0.3 is 0 Å². The number of aromatic nitrogens is 2. The molecule has 0 radical (unpaired) electrons. The first-order chi connectivity index (χ1) is 14.3. The number of rotatable bonds is 7. The second-order valence-corrected chi connectivity index (χ2v) is 7.81. The van der Waals surface area contributed by atoms with Crippen LogP contribution in [0.5, 0.6) is 0 Å². The van der Waals surface area contributed by atoms with Crippen molar-refractivity contribution in [2.24, 2.45) is 0 Å². The Labute approximate surface area is 180 Å². The van der Waals surface area contributed by atoms with Crippen molar-refractivity contribution in [3.05, 3.63) is 86.3 Å². The smallest absolute Gasteiger partial charge is 0.255 e. The van der Waals surface area contributed by atoms with Gasteiger partial charge in [0.1, 0.15) is 6.54 Å². The summed E-state index contributed by atoms with van der Waals surface area (Å²) >= 11 is 5.89. The van der Waals surface area contributed by atoms with Crippen LogP contribution in [0.4, 0.5) is 11.6 Å². The molecule has 6 nitrogen and oxygen atoms in total. The van der Waals surface area contributed by atoms with E-state index in [1.165, 1.54) is 10.6 Å². The summed E-state index contributed by atoms with van der Waals surface area (Å²) in [6.07, 6.45) is 0.678. The number of benzene rings is 2. The maximum Gasteiger partial charge on any atom is 0.255 e. The zero-order valence-corrected chi connectivity index (χ0v) is 18.1. The highest BCUT2D eigenvalue weighted by molar-refractivity contribution is 6.30. The Kier molecular flexibility index (Phi) is 6.90. The first-order valence-corrected chi connectivity index (χ1v) is 10.1. The van der Waals surface area contributed by atoms with Gasteiger partial charge < -0.3 is 10.6 Å². The lowest BCUT2D eigenvalue weighted by Gasteiger charge is -2.15. The molecule has 0 aliphatic carbocycles. The number of amides is 1. The largest absolute Gasteiger partial charge is 0.354 e. The van der Waals surface area contributed by atoms with Gasteiger partial charge in [0.05, 0.1) is 0 Å². The van der Waals surface area contributed by atoms with Crippen molar-refractivity contribution in [1.29, 1.82) is 0 Å². The van der Waals surface area contributed by atoms with Crippen molar-refractivity contribution in [3.8, 4) is 0 Å². The minimum absolute atomic E-state index is 0.111. The van der Waals surface area contributed by atoms with Crippen LogP contribution < -0.4 is 16.2 Å². The summed E-state index contributed by atoms with van der Waals surface area (Å²) in [5.74, 6) is 0.0954.